The van der Waals surface area contributed by atoms with Gasteiger partial charge in [-0.2, -0.15) is 0 Å². The van der Waals surface area contributed by atoms with Crippen molar-refractivity contribution in [2.24, 2.45) is 0 Å². The number of hydrogen-bond donors (Lipinski definition) is 0. The summed E-state index contributed by atoms with van der Waals surface area (Å²) in [5.41, 5.74) is 1.61. The fourth-order valence-electron chi connectivity index (χ4n) is 2.15. The molecule has 0 atom stereocenters. The van der Waals surface area contributed by atoms with E-state index >= 15 is 0 Å². The Hall–Kier alpha value is -2.68. The zero-order valence-corrected chi connectivity index (χ0v) is 10.9. The minimum absolute atomic E-state index is 0.0973. The Balaban J connectivity index is 2.17. The normalized spacial score (nSPS) is 10.7. The van der Waals surface area contributed by atoms with Crippen molar-refractivity contribution in [1.82, 2.24) is 0 Å². The SMILES string of the molecule is Cc1ccc(C(=O)c2c3cccccc-3oc2=O)cc1. The quantitative estimate of drug-likeness (QED) is 0.667. The van der Waals surface area contributed by atoms with Crippen LogP contribution in [0.1, 0.15) is 21.5 Å². The van der Waals surface area contributed by atoms with Crippen molar-refractivity contribution in [2.75, 3.05) is 0 Å². The zero-order valence-electron chi connectivity index (χ0n) is 10.9. The summed E-state index contributed by atoms with van der Waals surface area (Å²) in [5, 5.41) is 0. The van der Waals surface area contributed by atoms with Crippen LogP contribution in [0.4, 0.5) is 0 Å². The topological polar surface area (TPSA) is 47.3 Å². The number of carbonyl (C=O) groups excluding carboxylic acids is 1. The molecule has 2 aliphatic rings. The van der Waals surface area contributed by atoms with Crippen molar-refractivity contribution < 1.29 is 9.21 Å². The first-order valence-electron chi connectivity index (χ1n) is 6.30. The summed E-state index contributed by atoms with van der Waals surface area (Å²) in [4.78, 5) is 24.4. The van der Waals surface area contributed by atoms with Gasteiger partial charge in [-0.05, 0) is 13.0 Å². The van der Waals surface area contributed by atoms with Gasteiger partial charge in [0.2, 0.25) is 5.78 Å². The van der Waals surface area contributed by atoms with Gasteiger partial charge in [-0.15, -0.1) is 0 Å². The van der Waals surface area contributed by atoms with Gasteiger partial charge in [-0.1, -0.05) is 54.1 Å². The van der Waals surface area contributed by atoms with Crippen LogP contribution >= 0.6 is 0 Å². The summed E-state index contributed by atoms with van der Waals surface area (Å²) >= 11 is 0. The lowest BCUT2D eigenvalue weighted by molar-refractivity contribution is 0.103. The molecule has 3 heteroatoms. The van der Waals surface area contributed by atoms with Crippen LogP contribution in [-0.2, 0) is 0 Å². The number of fused-ring (bicyclic) bond motifs is 1. The molecule has 0 amide bonds. The third-order valence-corrected chi connectivity index (χ3v) is 3.22. The summed E-state index contributed by atoms with van der Waals surface area (Å²) in [6.45, 7) is 1.94. The average Bonchev–Trinajstić information content (AvgIpc) is 2.60. The molecule has 0 bridgehead atoms. The number of carbonyl (C=O) groups is 1. The monoisotopic (exact) mass is 264 g/mol. The molecule has 3 nitrogen and oxygen atoms in total. The molecule has 0 saturated carbocycles. The first kappa shape index (κ1) is 12.4. The largest absolute Gasteiger partial charge is 0.422 e. The first-order valence-corrected chi connectivity index (χ1v) is 6.30. The number of benzene rings is 1. The maximum Gasteiger partial charge on any atom is 0.348 e. The highest BCUT2D eigenvalue weighted by Crippen LogP contribution is 2.25. The van der Waals surface area contributed by atoms with E-state index in [1.165, 1.54) is 0 Å². The Bertz CT molecular complexity index is 797. The summed E-state index contributed by atoms with van der Waals surface area (Å²) in [6, 6.07) is 15.9. The Labute approximate surface area is 115 Å². The number of rotatable bonds is 2. The van der Waals surface area contributed by atoms with E-state index in [-0.39, 0.29) is 11.3 Å². The van der Waals surface area contributed by atoms with E-state index in [1.54, 1.807) is 36.4 Å². The van der Waals surface area contributed by atoms with Gasteiger partial charge in [0.1, 0.15) is 11.3 Å². The van der Waals surface area contributed by atoms with E-state index in [0.29, 0.717) is 16.9 Å². The molecule has 1 heterocycles. The van der Waals surface area contributed by atoms with Gasteiger partial charge < -0.3 is 4.42 Å². The lowest BCUT2D eigenvalue weighted by Gasteiger charge is -1.99. The second-order valence-electron chi connectivity index (χ2n) is 4.65. The standard InChI is InChI=1S/C17H12O3/c1-11-7-9-12(10-8-11)16(18)15-13-5-3-2-4-6-14(13)20-17(15)19/h2-10H,1H3. The fraction of sp³-hybridized carbons (Fsp3) is 0.0588. The number of ketones is 1. The Morgan fingerprint density at radius 3 is 2.40 bits per heavy atom. The maximum atomic E-state index is 12.5. The molecule has 3 rings (SSSR count). The Morgan fingerprint density at radius 2 is 1.65 bits per heavy atom. The van der Waals surface area contributed by atoms with Crippen molar-refractivity contribution in [3.63, 3.8) is 0 Å². The van der Waals surface area contributed by atoms with Gasteiger partial charge in [-0.3, -0.25) is 4.79 Å². The third kappa shape index (κ3) is 2.03. The van der Waals surface area contributed by atoms with Crippen LogP contribution in [0.2, 0.25) is 0 Å². The lowest BCUT2D eigenvalue weighted by atomic mass is 10.00. The molecular formula is C17H12O3. The summed E-state index contributed by atoms with van der Waals surface area (Å²) in [6.07, 6.45) is 0. The van der Waals surface area contributed by atoms with Gasteiger partial charge in [0.25, 0.3) is 0 Å². The molecule has 0 spiro atoms. The molecule has 0 radical (unpaired) electrons. The first-order chi connectivity index (χ1) is 9.66. The maximum absolute atomic E-state index is 12.5. The summed E-state index contributed by atoms with van der Waals surface area (Å²) in [7, 11) is 0. The third-order valence-electron chi connectivity index (χ3n) is 3.22. The molecular weight excluding hydrogens is 252 g/mol. The summed E-state index contributed by atoms with van der Waals surface area (Å²) < 4.78 is 5.15. The van der Waals surface area contributed by atoms with Gasteiger partial charge in [0.05, 0.1) is 0 Å². The molecule has 0 aromatic heterocycles. The molecule has 1 aromatic carbocycles. The van der Waals surface area contributed by atoms with Crippen LogP contribution < -0.4 is 5.63 Å². The van der Waals surface area contributed by atoms with E-state index in [4.69, 9.17) is 4.42 Å². The van der Waals surface area contributed by atoms with E-state index in [2.05, 4.69) is 0 Å². The highest BCUT2D eigenvalue weighted by molar-refractivity contribution is 6.12. The van der Waals surface area contributed by atoms with E-state index in [1.807, 2.05) is 25.1 Å². The predicted molar refractivity (Wildman–Crippen MR) is 76.2 cm³/mol. The van der Waals surface area contributed by atoms with Crippen LogP contribution in [-0.4, -0.2) is 5.78 Å². The van der Waals surface area contributed by atoms with Crippen LogP contribution in [0.3, 0.4) is 0 Å². The van der Waals surface area contributed by atoms with Gasteiger partial charge >= 0.3 is 5.63 Å². The Kier molecular flexibility index (Phi) is 2.95. The molecule has 0 saturated heterocycles. The fourth-order valence-corrected chi connectivity index (χ4v) is 2.15. The van der Waals surface area contributed by atoms with Gasteiger partial charge in [0, 0.05) is 11.1 Å². The molecule has 0 fully saturated rings. The van der Waals surface area contributed by atoms with Crippen molar-refractivity contribution >= 4 is 5.78 Å². The number of furan rings is 1. The molecule has 0 unspecified atom stereocenters. The lowest BCUT2D eigenvalue weighted by Crippen LogP contribution is -2.11. The molecule has 1 aromatic rings. The number of hydrogen-bond acceptors (Lipinski definition) is 3. The highest BCUT2D eigenvalue weighted by atomic mass is 16.4. The number of aryl methyl sites for hydroxylation is 1. The van der Waals surface area contributed by atoms with Crippen molar-refractivity contribution in [2.45, 2.75) is 6.92 Å². The molecule has 1 aliphatic heterocycles. The van der Waals surface area contributed by atoms with Gasteiger partial charge in [0.15, 0.2) is 0 Å². The molecule has 1 aliphatic carbocycles. The Morgan fingerprint density at radius 1 is 0.950 bits per heavy atom. The van der Waals surface area contributed by atoms with Crippen molar-refractivity contribution in [3.05, 3.63) is 81.7 Å². The van der Waals surface area contributed by atoms with Crippen molar-refractivity contribution in [1.29, 1.82) is 0 Å². The van der Waals surface area contributed by atoms with Crippen LogP contribution in [0.15, 0.2) is 63.8 Å². The van der Waals surface area contributed by atoms with Crippen molar-refractivity contribution in [3.8, 4) is 11.3 Å². The molecule has 20 heavy (non-hydrogen) atoms. The average molecular weight is 264 g/mol. The van der Waals surface area contributed by atoms with Gasteiger partial charge in [-0.25, -0.2) is 4.79 Å². The second kappa shape index (κ2) is 4.78. The van der Waals surface area contributed by atoms with Crippen LogP contribution in [0.25, 0.3) is 11.3 Å². The zero-order chi connectivity index (χ0) is 14.1. The summed E-state index contributed by atoms with van der Waals surface area (Å²) in [5.74, 6) is 0.121. The second-order valence-corrected chi connectivity index (χ2v) is 4.65. The minimum atomic E-state index is -0.586. The minimum Gasteiger partial charge on any atom is -0.422 e. The predicted octanol–water partition coefficient (Wildman–Crippen LogP) is 3.28. The van der Waals surface area contributed by atoms with E-state index in [9.17, 15) is 9.59 Å². The molecule has 98 valence electrons. The van der Waals surface area contributed by atoms with E-state index < -0.39 is 5.63 Å². The highest BCUT2D eigenvalue weighted by Gasteiger charge is 2.23. The molecule has 0 N–H and O–H groups in total. The van der Waals surface area contributed by atoms with Crippen LogP contribution in [0, 0.1) is 6.92 Å². The smallest absolute Gasteiger partial charge is 0.348 e. The van der Waals surface area contributed by atoms with E-state index in [0.717, 1.165) is 5.56 Å². The van der Waals surface area contributed by atoms with Crippen LogP contribution in [0.5, 0.6) is 0 Å².